The van der Waals surface area contributed by atoms with E-state index in [1.807, 2.05) is 11.5 Å². The zero-order chi connectivity index (χ0) is 15.9. The van der Waals surface area contributed by atoms with Gasteiger partial charge in [0.25, 0.3) is 5.76 Å². The van der Waals surface area contributed by atoms with Gasteiger partial charge < -0.3 is 9.88 Å². The third kappa shape index (κ3) is 4.99. The highest BCUT2D eigenvalue weighted by atomic mass is 32.2. The minimum absolute atomic E-state index is 0.190. The second-order valence-corrected chi connectivity index (χ2v) is 6.15. The Bertz CT molecular complexity index is 619. The highest BCUT2D eigenvalue weighted by molar-refractivity contribution is 8.00. The van der Waals surface area contributed by atoms with E-state index in [4.69, 9.17) is 0 Å². The van der Waals surface area contributed by atoms with Crippen LogP contribution < -0.4 is 5.32 Å². The van der Waals surface area contributed by atoms with Crippen molar-refractivity contribution in [3.63, 3.8) is 0 Å². The number of aromatic nitrogens is 3. The van der Waals surface area contributed by atoms with Gasteiger partial charge in [-0.2, -0.15) is 8.78 Å². The van der Waals surface area contributed by atoms with Crippen LogP contribution in [0.2, 0.25) is 0 Å². The second-order valence-electron chi connectivity index (χ2n) is 4.14. The van der Waals surface area contributed by atoms with E-state index >= 15 is 0 Å². The Hall–Kier alpha value is -1.61. The van der Waals surface area contributed by atoms with E-state index in [0.29, 0.717) is 27.5 Å². The molecule has 0 saturated heterocycles. The zero-order valence-corrected chi connectivity index (χ0v) is 13.3. The summed E-state index contributed by atoms with van der Waals surface area (Å²) in [5.41, 5.74) is 0.571. The number of anilines is 1. The van der Waals surface area contributed by atoms with E-state index in [9.17, 15) is 13.6 Å². The Kier molecular flexibility index (Phi) is 6.20. The number of nitrogens with one attached hydrogen (secondary N) is 1. The molecule has 2 rings (SSSR count). The van der Waals surface area contributed by atoms with Gasteiger partial charge in [0.2, 0.25) is 5.91 Å². The Morgan fingerprint density at radius 1 is 1.36 bits per heavy atom. The first-order chi connectivity index (χ1) is 10.6. The minimum Gasteiger partial charge on any atom is -0.325 e. The summed E-state index contributed by atoms with van der Waals surface area (Å²) >= 11 is 1.76. The molecule has 1 amide bonds. The highest BCUT2D eigenvalue weighted by Crippen LogP contribution is 2.26. The average Bonchev–Trinajstić information content (AvgIpc) is 2.94. The standard InChI is InChI=1S/C13H14F2N4OS2/c1-2-19-8-16-18-13(19)21-7-11(20)17-9-3-5-10(6-4-9)22-12(14)15/h3-6,8,12H,2,7H2,1H3,(H,17,20). The van der Waals surface area contributed by atoms with Crippen LogP contribution in [0.15, 0.2) is 40.6 Å². The van der Waals surface area contributed by atoms with Crippen LogP contribution in [0.25, 0.3) is 0 Å². The first-order valence-electron chi connectivity index (χ1n) is 6.44. The number of hydrogen-bond donors (Lipinski definition) is 1. The van der Waals surface area contributed by atoms with Crippen molar-refractivity contribution in [3.8, 4) is 0 Å². The largest absolute Gasteiger partial charge is 0.325 e. The van der Waals surface area contributed by atoms with Crippen molar-refractivity contribution in [2.45, 2.75) is 29.3 Å². The maximum atomic E-state index is 12.2. The maximum absolute atomic E-state index is 12.2. The maximum Gasteiger partial charge on any atom is 0.288 e. The summed E-state index contributed by atoms with van der Waals surface area (Å²) in [6.07, 6.45) is 1.61. The van der Waals surface area contributed by atoms with Crippen LogP contribution in [-0.4, -0.2) is 32.2 Å². The van der Waals surface area contributed by atoms with Gasteiger partial charge in [-0.1, -0.05) is 23.5 Å². The Labute approximate surface area is 134 Å². The molecular weight excluding hydrogens is 330 g/mol. The van der Waals surface area contributed by atoms with Gasteiger partial charge in [-0.15, -0.1) is 10.2 Å². The number of rotatable bonds is 7. The van der Waals surface area contributed by atoms with Gasteiger partial charge >= 0.3 is 0 Å². The lowest BCUT2D eigenvalue weighted by atomic mass is 10.3. The summed E-state index contributed by atoms with van der Waals surface area (Å²) in [4.78, 5) is 12.3. The number of amides is 1. The Morgan fingerprint density at radius 3 is 2.73 bits per heavy atom. The van der Waals surface area contributed by atoms with Gasteiger partial charge in [-0.25, -0.2) is 0 Å². The van der Waals surface area contributed by atoms with Gasteiger partial charge in [0.1, 0.15) is 6.33 Å². The molecular formula is C13H14F2N4OS2. The number of alkyl halides is 2. The lowest BCUT2D eigenvalue weighted by molar-refractivity contribution is -0.113. The fraction of sp³-hybridized carbons (Fsp3) is 0.308. The Balaban J connectivity index is 1.84. The van der Waals surface area contributed by atoms with Crippen molar-refractivity contribution < 1.29 is 13.6 Å². The van der Waals surface area contributed by atoms with Crippen molar-refractivity contribution >= 4 is 35.1 Å². The quantitative estimate of drug-likeness (QED) is 0.781. The summed E-state index contributed by atoms with van der Waals surface area (Å²) in [5.74, 6) is -2.44. The van der Waals surface area contributed by atoms with Crippen molar-refractivity contribution in [2.75, 3.05) is 11.1 Å². The predicted molar refractivity (Wildman–Crippen MR) is 83.4 cm³/mol. The third-order valence-corrected chi connectivity index (χ3v) is 4.32. The van der Waals surface area contributed by atoms with Crippen molar-refractivity contribution in [1.29, 1.82) is 0 Å². The Morgan fingerprint density at radius 2 is 2.09 bits per heavy atom. The molecule has 1 aromatic carbocycles. The van der Waals surface area contributed by atoms with Gasteiger partial charge in [-0.3, -0.25) is 4.79 Å². The van der Waals surface area contributed by atoms with Crippen LogP contribution >= 0.6 is 23.5 Å². The molecule has 2 aromatic rings. The third-order valence-electron chi connectivity index (χ3n) is 2.62. The summed E-state index contributed by atoms with van der Waals surface area (Å²) in [6, 6.07) is 6.30. The number of carbonyl (C=O) groups excluding carboxylic acids is 1. The number of benzene rings is 1. The van der Waals surface area contributed by atoms with Gasteiger partial charge in [0.05, 0.1) is 5.75 Å². The van der Waals surface area contributed by atoms with Crippen LogP contribution in [-0.2, 0) is 11.3 Å². The van der Waals surface area contributed by atoms with E-state index < -0.39 is 5.76 Å². The number of aryl methyl sites for hydroxylation is 1. The molecule has 0 spiro atoms. The van der Waals surface area contributed by atoms with E-state index in [1.54, 1.807) is 30.6 Å². The van der Waals surface area contributed by atoms with Gasteiger partial charge in [-0.05, 0) is 31.2 Å². The molecule has 118 valence electrons. The summed E-state index contributed by atoms with van der Waals surface area (Å²) in [6.45, 7) is 2.70. The van der Waals surface area contributed by atoms with E-state index in [1.165, 1.54) is 11.8 Å². The summed E-state index contributed by atoms with van der Waals surface area (Å²) in [5, 5.41) is 11.1. The second kappa shape index (κ2) is 8.14. The molecule has 5 nitrogen and oxygen atoms in total. The van der Waals surface area contributed by atoms with Crippen molar-refractivity contribution in [1.82, 2.24) is 14.8 Å². The first-order valence-corrected chi connectivity index (χ1v) is 8.30. The smallest absolute Gasteiger partial charge is 0.288 e. The number of carbonyl (C=O) groups is 1. The SMILES string of the molecule is CCn1cnnc1SCC(=O)Nc1ccc(SC(F)F)cc1. The molecule has 9 heteroatoms. The summed E-state index contributed by atoms with van der Waals surface area (Å²) < 4.78 is 26.3. The van der Waals surface area contributed by atoms with Crippen LogP contribution in [0, 0.1) is 0 Å². The summed E-state index contributed by atoms with van der Waals surface area (Å²) in [7, 11) is 0. The monoisotopic (exact) mass is 344 g/mol. The lowest BCUT2D eigenvalue weighted by Crippen LogP contribution is -2.14. The van der Waals surface area contributed by atoms with Gasteiger partial charge in [0, 0.05) is 17.1 Å². The molecule has 0 aliphatic heterocycles. The fourth-order valence-corrected chi connectivity index (χ4v) is 2.90. The van der Waals surface area contributed by atoms with E-state index in [0.717, 1.165) is 6.54 Å². The molecule has 1 aromatic heterocycles. The molecule has 22 heavy (non-hydrogen) atoms. The van der Waals surface area contributed by atoms with Crippen LogP contribution in [0.3, 0.4) is 0 Å². The normalized spacial score (nSPS) is 10.9. The number of halogens is 2. The molecule has 0 unspecified atom stereocenters. The van der Waals surface area contributed by atoms with E-state index in [-0.39, 0.29) is 11.7 Å². The van der Waals surface area contributed by atoms with Crippen molar-refractivity contribution in [3.05, 3.63) is 30.6 Å². The lowest BCUT2D eigenvalue weighted by Gasteiger charge is -2.06. The van der Waals surface area contributed by atoms with Gasteiger partial charge in [0.15, 0.2) is 5.16 Å². The average molecular weight is 344 g/mol. The molecule has 0 atom stereocenters. The molecule has 0 radical (unpaired) electrons. The van der Waals surface area contributed by atoms with Crippen LogP contribution in [0.1, 0.15) is 6.92 Å². The molecule has 0 saturated carbocycles. The van der Waals surface area contributed by atoms with E-state index in [2.05, 4.69) is 15.5 Å². The van der Waals surface area contributed by atoms with Crippen molar-refractivity contribution in [2.24, 2.45) is 0 Å². The highest BCUT2D eigenvalue weighted by Gasteiger charge is 2.09. The molecule has 0 aliphatic carbocycles. The molecule has 1 heterocycles. The number of thioether (sulfide) groups is 2. The predicted octanol–water partition coefficient (Wildman–Crippen LogP) is 3.34. The zero-order valence-electron chi connectivity index (χ0n) is 11.7. The molecule has 0 fully saturated rings. The first kappa shape index (κ1) is 16.8. The number of nitrogens with zero attached hydrogens (tertiary/aromatic N) is 3. The minimum atomic E-state index is -2.45. The molecule has 0 aliphatic rings. The van der Waals surface area contributed by atoms with Crippen LogP contribution in [0.5, 0.6) is 0 Å². The number of hydrogen-bond acceptors (Lipinski definition) is 5. The molecule has 1 N–H and O–H groups in total. The molecule has 0 bridgehead atoms. The van der Waals surface area contributed by atoms with Crippen LogP contribution in [0.4, 0.5) is 14.5 Å². The topological polar surface area (TPSA) is 59.8 Å². The fourth-order valence-electron chi connectivity index (χ4n) is 1.62.